The van der Waals surface area contributed by atoms with Crippen molar-refractivity contribution in [3.63, 3.8) is 0 Å². The zero-order valence-corrected chi connectivity index (χ0v) is 11.6. The van der Waals surface area contributed by atoms with E-state index in [2.05, 4.69) is 17.6 Å². The molecule has 4 nitrogen and oxygen atoms in total. The van der Waals surface area contributed by atoms with Crippen molar-refractivity contribution in [1.82, 2.24) is 10.6 Å². The van der Waals surface area contributed by atoms with E-state index in [-0.39, 0.29) is 18.0 Å². The predicted molar refractivity (Wildman–Crippen MR) is 75.2 cm³/mol. The van der Waals surface area contributed by atoms with Gasteiger partial charge in [0.25, 0.3) is 0 Å². The lowest BCUT2D eigenvalue weighted by Gasteiger charge is -2.20. The molecule has 0 aliphatic carbocycles. The highest BCUT2D eigenvalue weighted by atomic mass is 16.5. The van der Waals surface area contributed by atoms with Crippen LogP contribution >= 0.6 is 0 Å². The summed E-state index contributed by atoms with van der Waals surface area (Å²) in [4.78, 5) is 12.1. The van der Waals surface area contributed by atoms with E-state index in [1.807, 2.05) is 24.3 Å². The van der Waals surface area contributed by atoms with Crippen molar-refractivity contribution in [1.29, 1.82) is 0 Å². The Bertz CT molecular complexity index is 411. The normalized spacial score (nSPS) is 20.0. The van der Waals surface area contributed by atoms with Gasteiger partial charge in [-0.15, -0.1) is 0 Å². The zero-order chi connectivity index (χ0) is 13.7. The number of hydrogen-bond donors (Lipinski definition) is 2. The second kappa shape index (κ2) is 6.57. The minimum atomic E-state index is -0.0210. The average Bonchev–Trinajstić information content (AvgIpc) is 2.99. The van der Waals surface area contributed by atoms with Crippen molar-refractivity contribution in [3.05, 3.63) is 29.8 Å². The SMILES string of the molecule is CCC(NC(=O)[C@H]1CCCN1)c1ccc(OC)cc1. The minimum absolute atomic E-state index is 0.0210. The summed E-state index contributed by atoms with van der Waals surface area (Å²) < 4.78 is 5.15. The van der Waals surface area contributed by atoms with Crippen molar-refractivity contribution in [3.8, 4) is 5.75 Å². The number of benzene rings is 1. The highest BCUT2D eigenvalue weighted by molar-refractivity contribution is 5.82. The Morgan fingerprint density at radius 3 is 2.74 bits per heavy atom. The van der Waals surface area contributed by atoms with Crippen LogP contribution in [0.1, 0.15) is 37.8 Å². The molecule has 104 valence electrons. The highest BCUT2D eigenvalue weighted by Crippen LogP contribution is 2.20. The van der Waals surface area contributed by atoms with Crippen LogP contribution in [0.2, 0.25) is 0 Å². The smallest absolute Gasteiger partial charge is 0.237 e. The van der Waals surface area contributed by atoms with Crippen LogP contribution in [0.4, 0.5) is 0 Å². The molecular formula is C15H22N2O2. The monoisotopic (exact) mass is 262 g/mol. The summed E-state index contributed by atoms with van der Waals surface area (Å²) in [5, 5.41) is 6.34. The third kappa shape index (κ3) is 3.47. The van der Waals surface area contributed by atoms with Crippen LogP contribution in [0.25, 0.3) is 0 Å². The van der Waals surface area contributed by atoms with E-state index < -0.39 is 0 Å². The molecule has 1 saturated heterocycles. The Morgan fingerprint density at radius 1 is 1.47 bits per heavy atom. The Hall–Kier alpha value is -1.55. The molecule has 1 unspecified atom stereocenters. The van der Waals surface area contributed by atoms with Crippen LogP contribution < -0.4 is 15.4 Å². The molecule has 0 radical (unpaired) electrons. The molecular weight excluding hydrogens is 240 g/mol. The third-order valence-corrected chi connectivity index (χ3v) is 3.62. The van der Waals surface area contributed by atoms with E-state index in [9.17, 15) is 4.79 Å². The van der Waals surface area contributed by atoms with E-state index in [4.69, 9.17) is 4.74 Å². The lowest BCUT2D eigenvalue weighted by molar-refractivity contribution is -0.123. The van der Waals surface area contributed by atoms with E-state index in [1.54, 1.807) is 7.11 Å². The number of hydrogen-bond acceptors (Lipinski definition) is 3. The standard InChI is InChI=1S/C15H22N2O2/c1-3-13(11-6-8-12(19-2)9-7-11)17-15(18)14-5-4-10-16-14/h6-9,13-14,16H,3-5,10H2,1-2H3,(H,17,18)/t13?,14-/m1/s1. The summed E-state index contributed by atoms with van der Waals surface area (Å²) in [6, 6.07) is 7.92. The van der Waals surface area contributed by atoms with Gasteiger partial charge < -0.3 is 15.4 Å². The quantitative estimate of drug-likeness (QED) is 0.853. The van der Waals surface area contributed by atoms with Gasteiger partial charge in [-0.25, -0.2) is 0 Å². The Morgan fingerprint density at radius 2 is 2.21 bits per heavy atom. The van der Waals surface area contributed by atoms with Crippen molar-refractivity contribution in [2.45, 2.75) is 38.3 Å². The summed E-state index contributed by atoms with van der Waals surface area (Å²) in [6.45, 7) is 3.02. The second-order valence-corrected chi connectivity index (χ2v) is 4.89. The molecule has 1 heterocycles. The van der Waals surface area contributed by atoms with Crippen LogP contribution in [-0.4, -0.2) is 25.6 Å². The molecule has 2 N–H and O–H groups in total. The summed E-state index contributed by atoms with van der Waals surface area (Å²) in [6.07, 6.45) is 2.90. The van der Waals surface area contributed by atoms with Crippen LogP contribution in [0, 0.1) is 0 Å². The Balaban J connectivity index is 2.00. The molecule has 1 aromatic rings. The second-order valence-electron chi connectivity index (χ2n) is 4.89. The van der Waals surface area contributed by atoms with Crippen LogP contribution in [0.15, 0.2) is 24.3 Å². The molecule has 1 aliphatic heterocycles. The van der Waals surface area contributed by atoms with Crippen molar-refractivity contribution in [2.75, 3.05) is 13.7 Å². The first-order valence-electron chi connectivity index (χ1n) is 6.92. The van der Waals surface area contributed by atoms with Gasteiger partial charge in [-0.2, -0.15) is 0 Å². The largest absolute Gasteiger partial charge is 0.497 e. The molecule has 0 saturated carbocycles. The molecule has 2 atom stereocenters. The first-order valence-corrected chi connectivity index (χ1v) is 6.92. The Kier molecular flexibility index (Phi) is 4.80. The van der Waals surface area contributed by atoms with Crippen molar-refractivity contribution in [2.24, 2.45) is 0 Å². The maximum atomic E-state index is 12.1. The van der Waals surface area contributed by atoms with E-state index in [1.165, 1.54) is 0 Å². The first kappa shape index (κ1) is 13.9. The summed E-state index contributed by atoms with van der Waals surface area (Å²) >= 11 is 0. The fourth-order valence-corrected chi connectivity index (χ4v) is 2.44. The van der Waals surface area contributed by atoms with Gasteiger partial charge in [0.05, 0.1) is 19.2 Å². The van der Waals surface area contributed by atoms with Crippen LogP contribution in [0.3, 0.4) is 0 Å². The minimum Gasteiger partial charge on any atom is -0.497 e. The molecule has 1 aromatic carbocycles. The van der Waals surface area contributed by atoms with Crippen molar-refractivity contribution >= 4 is 5.91 Å². The molecule has 0 spiro atoms. The van der Waals surface area contributed by atoms with Crippen molar-refractivity contribution < 1.29 is 9.53 Å². The van der Waals surface area contributed by atoms with E-state index in [0.717, 1.165) is 37.1 Å². The molecule has 4 heteroatoms. The lowest BCUT2D eigenvalue weighted by Crippen LogP contribution is -2.41. The highest BCUT2D eigenvalue weighted by Gasteiger charge is 2.24. The van der Waals surface area contributed by atoms with Gasteiger partial charge in [0.1, 0.15) is 5.75 Å². The molecule has 0 aromatic heterocycles. The molecule has 1 amide bonds. The van der Waals surface area contributed by atoms with Gasteiger partial charge in [0, 0.05) is 0 Å². The molecule has 0 bridgehead atoms. The van der Waals surface area contributed by atoms with Gasteiger partial charge >= 0.3 is 0 Å². The third-order valence-electron chi connectivity index (χ3n) is 3.62. The first-order chi connectivity index (χ1) is 9.24. The van der Waals surface area contributed by atoms with Crippen LogP contribution in [0.5, 0.6) is 5.75 Å². The average molecular weight is 262 g/mol. The van der Waals surface area contributed by atoms with Gasteiger partial charge in [0.15, 0.2) is 0 Å². The van der Waals surface area contributed by atoms with Gasteiger partial charge in [0.2, 0.25) is 5.91 Å². The topological polar surface area (TPSA) is 50.4 Å². The zero-order valence-electron chi connectivity index (χ0n) is 11.6. The van der Waals surface area contributed by atoms with Crippen LogP contribution in [-0.2, 0) is 4.79 Å². The van der Waals surface area contributed by atoms with E-state index >= 15 is 0 Å². The number of carbonyl (C=O) groups excluding carboxylic acids is 1. The number of amides is 1. The van der Waals surface area contributed by atoms with Gasteiger partial charge in [-0.1, -0.05) is 19.1 Å². The number of carbonyl (C=O) groups is 1. The number of methoxy groups -OCH3 is 1. The number of rotatable bonds is 5. The molecule has 19 heavy (non-hydrogen) atoms. The molecule has 2 rings (SSSR count). The van der Waals surface area contributed by atoms with Gasteiger partial charge in [-0.05, 0) is 43.5 Å². The van der Waals surface area contributed by atoms with Gasteiger partial charge in [-0.3, -0.25) is 4.79 Å². The Labute approximate surface area is 114 Å². The predicted octanol–water partition coefficient (Wildman–Crippen LogP) is 2.01. The lowest BCUT2D eigenvalue weighted by atomic mass is 10.0. The summed E-state index contributed by atoms with van der Waals surface area (Å²) in [7, 11) is 1.65. The number of ether oxygens (including phenoxy) is 1. The molecule has 1 aliphatic rings. The maximum Gasteiger partial charge on any atom is 0.237 e. The maximum absolute atomic E-state index is 12.1. The fourth-order valence-electron chi connectivity index (χ4n) is 2.44. The summed E-state index contributed by atoms with van der Waals surface area (Å²) in [5.41, 5.74) is 1.12. The number of nitrogens with one attached hydrogen (secondary N) is 2. The van der Waals surface area contributed by atoms with E-state index in [0.29, 0.717) is 0 Å². The fraction of sp³-hybridized carbons (Fsp3) is 0.533. The molecule has 1 fully saturated rings. The summed E-state index contributed by atoms with van der Waals surface area (Å²) in [5.74, 6) is 0.947.